The lowest BCUT2D eigenvalue weighted by Gasteiger charge is -2.22. The molecule has 0 aliphatic carbocycles. The molecular formula is C29H20N4O4S2. The van der Waals surface area contributed by atoms with Gasteiger partial charge in [0.1, 0.15) is 17.4 Å². The van der Waals surface area contributed by atoms with Crippen LogP contribution in [0, 0.1) is 0 Å². The van der Waals surface area contributed by atoms with Crippen LogP contribution in [0.25, 0.3) is 32.9 Å². The van der Waals surface area contributed by atoms with Gasteiger partial charge in [0, 0.05) is 46.0 Å². The Bertz CT molecular complexity index is 1970. The maximum absolute atomic E-state index is 13.5. The first-order valence-electron chi connectivity index (χ1n) is 12.1. The molecular weight excluding hydrogens is 532 g/mol. The molecule has 6 aromatic rings. The topological polar surface area (TPSA) is 107 Å². The third kappa shape index (κ3) is 3.75. The van der Waals surface area contributed by atoms with E-state index in [0.717, 1.165) is 5.56 Å². The number of ether oxygens (including phenoxy) is 1. The minimum Gasteiger partial charge on any atom is -0.488 e. The van der Waals surface area contributed by atoms with Crippen LogP contribution < -0.4 is 4.74 Å². The van der Waals surface area contributed by atoms with Gasteiger partial charge in [0.05, 0.1) is 16.8 Å². The lowest BCUT2D eigenvalue weighted by molar-refractivity contribution is 0.0560. The molecule has 1 atom stereocenters. The maximum Gasteiger partial charge on any atom is 0.269 e. The van der Waals surface area contributed by atoms with Crippen molar-refractivity contribution in [3.05, 3.63) is 114 Å². The number of aromatic nitrogens is 4. The van der Waals surface area contributed by atoms with Gasteiger partial charge in [-0.1, -0.05) is 36.4 Å². The number of benzene rings is 2. The Morgan fingerprint density at radius 2 is 1.87 bits per heavy atom. The first-order chi connectivity index (χ1) is 18.9. The van der Waals surface area contributed by atoms with Crippen LogP contribution in [0.15, 0.2) is 108 Å². The van der Waals surface area contributed by atoms with E-state index >= 15 is 0 Å². The van der Waals surface area contributed by atoms with Crippen LogP contribution in [-0.4, -0.2) is 39.1 Å². The van der Waals surface area contributed by atoms with E-state index in [9.17, 15) is 13.5 Å². The summed E-state index contributed by atoms with van der Waals surface area (Å²) in [4.78, 5) is 13.5. The van der Waals surface area contributed by atoms with E-state index in [0.29, 0.717) is 44.2 Å². The summed E-state index contributed by atoms with van der Waals surface area (Å²) >= 11 is 1.42. The summed E-state index contributed by atoms with van der Waals surface area (Å²) in [5.41, 5.74) is 2.62. The fourth-order valence-electron chi connectivity index (χ4n) is 4.89. The van der Waals surface area contributed by atoms with Crippen LogP contribution in [0.1, 0.15) is 11.1 Å². The van der Waals surface area contributed by atoms with Crippen molar-refractivity contribution in [2.75, 3.05) is 6.61 Å². The first kappa shape index (κ1) is 23.7. The Hall–Kier alpha value is -4.38. The lowest BCUT2D eigenvalue weighted by atomic mass is 9.87. The molecule has 0 saturated carbocycles. The Balaban J connectivity index is 1.30. The molecule has 1 aliphatic heterocycles. The van der Waals surface area contributed by atoms with E-state index in [1.54, 1.807) is 67.3 Å². The largest absolute Gasteiger partial charge is 0.488 e. The van der Waals surface area contributed by atoms with Crippen LogP contribution in [0.5, 0.6) is 5.75 Å². The summed E-state index contributed by atoms with van der Waals surface area (Å²) in [7, 11) is -3.86. The average molecular weight is 553 g/mol. The van der Waals surface area contributed by atoms with Crippen LogP contribution in [-0.2, 0) is 15.6 Å². The first-order valence-corrected chi connectivity index (χ1v) is 14.4. The number of hydrogen-bond donors (Lipinski definition) is 1. The fraction of sp³-hybridized carbons (Fsp3) is 0.0690. The molecule has 0 unspecified atom stereocenters. The molecule has 0 amide bonds. The molecule has 39 heavy (non-hydrogen) atoms. The van der Waals surface area contributed by atoms with E-state index in [-0.39, 0.29) is 11.5 Å². The molecule has 0 saturated heterocycles. The van der Waals surface area contributed by atoms with Gasteiger partial charge >= 0.3 is 0 Å². The predicted octanol–water partition coefficient (Wildman–Crippen LogP) is 5.09. The smallest absolute Gasteiger partial charge is 0.269 e. The Morgan fingerprint density at radius 3 is 2.74 bits per heavy atom. The van der Waals surface area contributed by atoms with E-state index < -0.39 is 15.6 Å². The zero-order valence-corrected chi connectivity index (χ0v) is 21.9. The Labute approximate surface area is 227 Å². The van der Waals surface area contributed by atoms with E-state index in [1.807, 2.05) is 35.7 Å². The number of pyridine rings is 2. The van der Waals surface area contributed by atoms with Gasteiger partial charge in [-0.15, -0.1) is 11.3 Å². The van der Waals surface area contributed by atoms with Gasteiger partial charge in [-0.25, -0.2) is 22.4 Å². The molecule has 0 fully saturated rings. The van der Waals surface area contributed by atoms with Crippen LogP contribution in [0.2, 0.25) is 0 Å². The fourth-order valence-corrected chi connectivity index (χ4v) is 7.09. The molecule has 0 spiro atoms. The highest BCUT2D eigenvalue weighted by Crippen LogP contribution is 2.42. The van der Waals surface area contributed by atoms with E-state index in [2.05, 4.69) is 9.97 Å². The van der Waals surface area contributed by atoms with Gasteiger partial charge in [0.15, 0.2) is 11.2 Å². The normalized spacial score (nSPS) is 16.7. The van der Waals surface area contributed by atoms with Crippen molar-refractivity contribution >= 4 is 32.4 Å². The van der Waals surface area contributed by atoms with Crippen molar-refractivity contribution in [3.8, 4) is 27.6 Å². The molecule has 10 heteroatoms. The number of nitrogens with zero attached hydrogens (tertiary/aromatic N) is 4. The highest BCUT2D eigenvalue weighted by Gasteiger charge is 2.40. The summed E-state index contributed by atoms with van der Waals surface area (Å²) in [5, 5.41) is 14.8. The second-order valence-corrected chi connectivity index (χ2v) is 11.8. The molecule has 1 aliphatic rings. The summed E-state index contributed by atoms with van der Waals surface area (Å²) in [6, 6.07) is 21.3. The second-order valence-electron chi connectivity index (χ2n) is 9.17. The van der Waals surface area contributed by atoms with Crippen molar-refractivity contribution in [3.63, 3.8) is 0 Å². The van der Waals surface area contributed by atoms with Gasteiger partial charge in [0.25, 0.3) is 10.0 Å². The van der Waals surface area contributed by atoms with Gasteiger partial charge < -0.3 is 9.84 Å². The zero-order valence-electron chi connectivity index (χ0n) is 20.3. The summed E-state index contributed by atoms with van der Waals surface area (Å²) < 4.78 is 33.9. The summed E-state index contributed by atoms with van der Waals surface area (Å²) in [6.07, 6.45) is 6.40. The van der Waals surface area contributed by atoms with Crippen molar-refractivity contribution in [1.82, 2.24) is 18.9 Å². The number of thiazole rings is 1. The van der Waals surface area contributed by atoms with Crippen molar-refractivity contribution in [1.29, 1.82) is 0 Å². The van der Waals surface area contributed by atoms with Gasteiger partial charge in [0.2, 0.25) is 0 Å². The lowest BCUT2D eigenvalue weighted by Crippen LogP contribution is -2.28. The average Bonchev–Trinajstić information content (AvgIpc) is 3.70. The van der Waals surface area contributed by atoms with E-state index in [4.69, 9.17) is 9.72 Å². The van der Waals surface area contributed by atoms with Crippen LogP contribution >= 0.6 is 11.3 Å². The Morgan fingerprint density at radius 1 is 1.00 bits per heavy atom. The number of rotatable bonds is 5. The quantitative estimate of drug-likeness (QED) is 0.318. The number of aliphatic hydroxyl groups is 1. The third-order valence-electron chi connectivity index (χ3n) is 6.87. The molecule has 2 aromatic carbocycles. The minimum absolute atomic E-state index is 0.0994. The predicted molar refractivity (Wildman–Crippen MR) is 148 cm³/mol. The van der Waals surface area contributed by atoms with Crippen molar-refractivity contribution in [2.24, 2.45) is 0 Å². The zero-order chi connectivity index (χ0) is 26.6. The van der Waals surface area contributed by atoms with Crippen LogP contribution in [0.4, 0.5) is 0 Å². The highest BCUT2D eigenvalue weighted by molar-refractivity contribution is 7.90. The highest BCUT2D eigenvalue weighted by atomic mass is 32.2. The second kappa shape index (κ2) is 8.84. The molecule has 0 bridgehead atoms. The molecule has 0 radical (unpaired) electrons. The number of hydrogen-bond acceptors (Lipinski definition) is 8. The SMILES string of the molecule is O=S(=O)(c1ccccc1)n1cc(-c2nc(-c3cccc([C@]4(O)COc5cnccc54)c3)cs2)c2cccnc21. The standard InChI is InChI=1S/C29H20N4O4S2/c34-29(18-37-26-15-30-13-11-24(26)29)20-7-4-6-19(14-20)25-17-38-28(32-25)23-16-33(27-22(23)10-5-12-31-27)39(35,36)21-8-2-1-3-9-21/h1-17,34H,18H2/t29-/m1/s1. The molecule has 4 aromatic heterocycles. The van der Waals surface area contributed by atoms with E-state index in [1.165, 1.54) is 15.3 Å². The van der Waals surface area contributed by atoms with Crippen molar-refractivity contribution in [2.45, 2.75) is 10.5 Å². The molecule has 8 nitrogen and oxygen atoms in total. The van der Waals surface area contributed by atoms with Gasteiger partial charge in [-0.3, -0.25) is 4.98 Å². The molecule has 5 heterocycles. The summed E-state index contributed by atoms with van der Waals surface area (Å²) in [6.45, 7) is 0.0994. The van der Waals surface area contributed by atoms with Gasteiger partial charge in [-0.05, 0) is 42.0 Å². The van der Waals surface area contributed by atoms with Gasteiger partial charge in [-0.2, -0.15) is 0 Å². The monoisotopic (exact) mass is 552 g/mol. The van der Waals surface area contributed by atoms with Crippen molar-refractivity contribution < 1.29 is 18.3 Å². The maximum atomic E-state index is 13.5. The third-order valence-corrected chi connectivity index (χ3v) is 9.41. The molecule has 1 N–H and O–H groups in total. The summed E-state index contributed by atoms with van der Waals surface area (Å²) in [5.74, 6) is 0.566. The molecule has 7 rings (SSSR count). The number of fused-ring (bicyclic) bond motifs is 2. The minimum atomic E-state index is -3.86. The Kier molecular flexibility index (Phi) is 5.37. The van der Waals surface area contributed by atoms with Crippen LogP contribution in [0.3, 0.4) is 0 Å². The molecule has 192 valence electrons.